The number of ether oxygens (including phenoxy) is 1. The standard InChI is InChI=1S/C13H22N4O/c1-4-18-13-9-12(14-10(2)15-13)16-11-5-7-17(3)8-6-11/h9,11H,4-8H2,1-3H3,(H,14,15,16). The second kappa shape index (κ2) is 6.00. The molecular weight excluding hydrogens is 228 g/mol. The molecule has 0 aliphatic carbocycles. The zero-order valence-electron chi connectivity index (χ0n) is 11.4. The molecule has 1 N–H and O–H groups in total. The predicted octanol–water partition coefficient (Wildman–Crippen LogP) is 1.69. The van der Waals surface area contributed by atoms with Gasteiger partial charge in [0, 0.05) is 12.1 Å². The molecule has 0 atom stereocenters. The Morgan fingerprint density at radius 3 is 2.78 bits per heavy atom. The first-order chi connectivity index (χ1) is 8.67. The number of aromatic nitrogens is 2. The summed E-state index contributed by atoms with van der Waals surface area (Å²) in [6.07, 6.45) is 2.31. The fourth-order valence-corrected chi connectivity index (χ4v) is 2.20. The van der Waals surface area contributed by atoms with Gasteiger partial charge in [0.15, 0.2) is 0 Å². The highest BCUT2D eigenvalue weighted by Gasteiger charge is 2.17. The van der Waals surface area contributed by atoms with Crippen molar-refractivity contribution in [1.82, 2.24) is 14.9 Å². The van der Waals surface area contributed by atoms with Gasteiger partial charge in [-0.25, -0.2) is 4.98 Å². The van der Waals surface area contributed by atoms with Crippen LogP contribution in [0.5, 0.6) is 5.88 Å². The molecule has 100 valence electrons. The number of rotatable bonds is 4. The van der Waals surface area contributed by atoms with E-state index in [0.29, 0.717) is 18.5 Å². The molecule has 0 aromatic carbocycles. The molecule has 0 saturated carbocycles. The minimum atomic E-state index is 0.505. The molecule has 0 bridgehead atoms. The van der Waals surface area contributed by atoms with Crippen molar-refractivity contribution in [3.05, 3.63) is 11.9 Å². The van der Waals surface area contributed by atoms with Gasteiger partial charge in [0.25, 0.3) is 0 Å². The van der Waals surface area contributed by atoms with Crippen molar-refractivity contribution in [3.63, 3.8) is 0 Å². The number of anilines is 1. The van der Waals surface area contributed by atoms with Crippen LogP contribution in [0.2, 0.25) is 0 Å². The van der Waals surface area contributed by atoms with E-state index in [1.54, 1.807) is 0 Å². The van der Waals surface area contributed by atoms with E-state index in [2.05, 4.69) is 27.2 Å². The lowest BCUT2D eigenvalue weighted by Gasteiger charge is -2.29. The van der Waals surface area contributed by atoms with Crippen LogP contribution < -0.4 is 10.1 Å². The Labute approximate surface area is 109 Å². The van der Waals surface area contributed by atoms with E-state index in [-0.39, 0.29) is 0 Å². The van der Waals surface area contributed by atoms with Crippen molar-refractivity contribution in [2.75, 3.05) is 32.1 Å². The van der Waals surface area contributed by atoms with E-state index in [0.717, 1.165) is 37.6 Å². The van der Waals surface area contributed by atoms with E-state index in [1.165, 1.54) is 0 Å². The molecule has 1 fully saturated rings. The number of aryl methyl sites for hydroxylation is 1. The molecular formula is C13H22N4O. The van der Waals surface area contributed by atoms with Crippen LogP contribution in [0.4, 0.5) is 5.82 Å². The van der Waals surface area contributed by atoms with Gasteiger partial charge < -0.3 is 15.0 Å². The van der Waals surface area contributed by atoms with Gasteiger partial charge in [0.2, 0.25) is 5.88 Å². The molecule has 1 aliphatic heterocycles. The van der Waals surface area contributed by atoms with Gasteiger partial charge in [-0.3, -0.25) is 0 Å². The highest BCUT2D eigenvalue weighted by atomic mass is 16.5. The van der Waals surface area contributed by atoms with Gasteiger partial charge in [-0.2, -0.15) is 4.98 Å². The zero-order chi connectivity index (χ0) is 13.0. The van der Waals surface area contributed by atoms with E-state index in [1.807, 2.05) is 19.9 Å². The van der Waals surface area contributed by atoms with Crippen molar-refractivity contribution in [2.45, 2.75) is 32.7 Å². The monoisotopic (exact) mass is 250 g/mol. The van der Waals surface area contributed by atoms with Crippen LogP contribution in [0.1, 0.15) is 25.6 Å². The highest BCUT2D eigenvalue weighted by molar-refractivity contribution is 5.39. The first kappa shape index (κ1) is 13.1. The quantitative estimate of drug-likeness (QED) is 0.881. The van der Waals surface area contributed by atoms with Gasteiger partial charge in [0.05, 0.1) is 6.61 Å². The van der Waals surface area contributed by atoms with Crippen LogP contribution in [0.25, 0.3) is 0 Å². The first-order valence-electron chi connectivity index (χ1n) is 6.61. The summed E-state index contributed by atoms with van der Waals surface area (Å²) >= 11 is 0. The molecule has 0 radical (unpaired) electrons. The highest BCUT2D eigenvalue weighted by Crippen LogP contribution is 2.17. The van der Waals surface area contributed by atoms with Crippen molar-refractivity contribution in [2.24, 2.45) is 0 Å². The van der Waals surface area contributed by atoms with Gasteiger partial charge in [0.1, 0.15) is 11.6 Å². The lowest BCUT2D eigenvalue weighted by atomic mass is 10.1. The third-order valence-electron chi connectivity index (χ3n) is 3.18. The minimum absolute atomic E-state index is 0.505. The van der Waals surface area contributed by atoms with Crippen LogP contribution in [0, 0.1) is 6.92 Å². The number of likely N-dealkylation sites (tertiary alicyclic amines) is 1. The second-order valence-corrected chi connectivity index (χ2v) is 4.79. The van der Waals surface area contributed by atoms with Crippen LogP contribution in [-0.4, -0.2) is 47.7 Å². The average Bonchev–Trinajstić information content (AvgIpc) is 2.32. The summed E-state index contributed by atoms with van der Waals surface area (Å²) < 4.78 is 5.43. The summed E-state index contributed by atoms with van der Waals surface area (Å²) in [6, 6.07) is 2.39. The SMILES string of the molecule is CCOc1cc(NC2CCN(C)CC2)nc(C)n1. The Hall–Kier alpha value is -1.36. The molecule has 5 nitrogen and oxygen atoms in total. The average molecular weight is 250 g/mol. The van der Waals surface area contributed by atoms with Gasteiger partial charge >= 0.3 is 0 Å². The third-order valence-corrected chi connectivity index (χ3v) is 3.18. The van der Waals surface area contributed by atoms with Crippen LogP contribution >= 0.6 is 0 Å². The number of nitrogens with zero attached hydrogens (tertiary/aromatic N) is 3. The Balaban J connectivity index is 2.00. The molecule has 1 aliphatic rings. The topological polar surface area (TPSA) is 50.3 Å². The first-order valence-corrected chi connectivity index (χ1v) is 6.61. The van der Waals surface area contributed by atoms with Crippen molar-refractivity contribution in [3.8, 4) is 5.88 Å². The Kier molecular flexibility index (Phi) is 4.36. The molecule has 2 rings (SSSR count). The number of hydrogen-bond acceptors (Lipinski definition) is 5. The smallest absolute Gasteiger partial charge is 0.218 e. The van der Waals surface area contributed by atoms with Crippen molar-refractivity contribution in [1.29, 1.82) is 0 Å². The summed E-state index contributed by atoms with van der Waals surface area (Å²) in [6.45, 7) is 6.76. The molecule has 1 aromatic heterocycles. The minimum Gasteiger partial charge on any atom is -0.478 e. The van der Waals surface area contributed by atoms with Crippen LogP contribution in [-0.2, 0) is 0 Å². The fourth-order valence-electron chi connectivity index (χ4n) is 2.20. The maximum atomic E-state index is 5.43. The van der Waals surface area contributed by atoms with Crippen molar-refractivity contribution < 1.29 is 4.74 Å². The van der Waals surface area contributed by atoms with Gasteiger partial charge in [-0.15, -0.1) is 0 Å². The lowest BCUT2D eigenvalue weighted by Crippen LogP contribution is -2.36. The summed E-state index contributed by atoms with van der Waals surface area (Å²) in [5.74, 6) is 2.28. The Morgan fingerprint density at radius 1 is 1.39 bits per heavy atom. The van der Waals surface area contributed by atoms with Gasteiger partial charge in [-0.1, -0.05) is 0 Å². The summed E-state index contributed by atoms with van der Waals surface area (Å²) in [5.41, 5.74) is 0. The third kappa shape index (κ3) is 3.57. The molecule has 0 spiro atoms. The van der Waals surface area contributed by atoms with E-state index in [9.17, 15) is 0 Å². The molecule has 0 unspecified atom stereocenters. The summed E-state index contributed by atoms with van der Waals surface area (Å²) in [4.78, 5) is 11.0. The van der Waals surface area contributed by atoms with Crippen LogP contribution in [0.3, 0.4) is 0 Å². The van der Waals surface area contributed by atoms with Gasteiger partial charge in [-0.05, 0) is 46.8 Å². The lowest BCUT2D eigenvalue weighted by molar-refractivity contribution is 0.263. The molecule has 0 amide bonds. The van der Waals surface area contributed by atoms with E-state index in [4.69, 9.17) is 4.74 Å². The molecule has 1 saturated heterocycles. The number of hydrogen-bond donors (Lipinski definition) is 1. The number of nitrogens with one attached hydrogen (secondary N) is 1. The summed E-state index contributed by atoms with van der Waals surface area (Å²) in [7, 11) is 2.16. The van der Waals surface area contributed by atoms with Crippen molar-refractivity contribution >= 4 is 5.82 Å². The number of piperidine rings is 1. The zero-order valence-corrected chi connectivity index (χ0v) is 11.4. The fraction of sp³-hybridized carbons (Fsp3) is 0.692. The molecule has 5 heteroatoms. The summed E-state index contributed by atoms with van der Waals surface area (Å²) in [5, 5.41) is 3.48. The van der Waals surface area contributed by atoms with E-state index < -0.39 is 0 Å². The largest absolute Gasteiger partial charge is 0.478 e. The van der Waals surface area contributed by atoms with E-state index >= 15 is 0 Å². The molecule has 18 heavy (non-hydrogen) atoms. The van der Waals surface area contributed by atoms with Crippen LogP contribution in [0.15, 0.2) is 6.07 Å². The maximum Gasteiger partial charge on any atom is 0.218 e. The Bertz CT molecular complexity index is 389. The maximum absolute atomic E-state index is 5.43. The Morgan fingerprint density at radius 2 is 2.11 bits per heavy atom. The second-order valence-electron chi connectivity index (χ2n) is 4.79. The predicted molar refractivity (Wildman–Crippen MR) is 72.1 cm³/mol. The normalized spacial score (nSPS) is 17.7. The molecule has 2 heterocycles. The molecule has 1 aromatic rings.